The lowest BCUT2D eigenvalue weighted by molar-refractivity contribution is -0.161. The third kappa shape index (κ3) is 62.8. The number of unbranched alkanes of at least 4 members (excludes halogenated alkanes) is 38. The Morgan fingerprint density at radius 1 is 0.307 bits per heavy atom. The number of phosphoric acid groups is 2. The SMILES string of the molecule is CCCCCCCCCCCCCCCC(=O)O[C@H](COC(=O)CCCCCCC)COP(=O)(O)OC[C@H](O)COP(=O)(O)OC[C@@H](COC(=O)CCCCCCCCCCCCC(C)C)OC(=O)CCCCCCCCCCCCCCCCC(C)C. The van der Waals surface area contributed by atoms with Crippen molar-refractivity contribution in [3.8, 4) is 0 Å². The standard InChI is InChI=1S/C69H134O17P2/c1-7-9-11-13-14-15-16-19-23-30-35-41-47-53-68(73)85-64(57-79-66(71)51-45-37-12-10-8-2)59-83-87(75,76)81-55-63(70)56-82-88(77,78)84-60-65(58-80-67(72)52-46-40-34-29-26-25-28-33-39-44-50-62(5)6)86-69(74)54-48-42-36-31-24-21-18-17-20-22-27-32-38-43-49-61(3)4/h61-65,70H,7-60H2,1-6H3,(H,75,76)(H,77,78)/t63-,64+,65+/m0/s1. The lowest BCUT2D eigenvalue weighted by Gasteiger charge is -2.21. The fourth-order valence-electron chi connectivity index (χ4n) is 10.4. The molecule has 0 saturated carbocycles. The van der Waals surface area contributed by atoms with Gasteiger partial charge in [0.15, 0.2) is 12.2 Å². The van der Waals surface area contributed by atoms with Gasteiger partial charge in [-0.15, -0.1) is 0 Å². The number of phosphoric ester groups is 2. The van der Waals surface area contributed by atoms with Crippen LogP contribution in [0, 0.1) is 11.8 Å². The van der Waals surface area contributed by atoms with Crippen molar-refractivity contribution in [2.24, 2.45) is 11.8 Å². The zero-order valence-corrected chi connectivity index (χ0v) is 58.8. The minimum atomic E-state index is -4.95. The van der Waals surface area contributed by atoms with E-state index in [1.54, 1.807) is 0 Å². The molecule has 0 aromatic heterocycles. The maximum Gasteiger partial charge on any atom is 0.472 e. The van der Waals surface area contributed by atoms with Crippen molar-refractivity contribution in [3.05, 3.63) is 0 Å². The molecule has 0 bridgehead atoms. The van der Waals surface area contributed by atoms with Crippen molar-refractivity contribution in [2.75, 3.05) is 39.6 Å². The molecule has 3 N–H and O–H groups in total. The summed E-state index contributed by atoms with van der Waals surface area (Å²) in [6, 6.07) is 0. The van der Waals surface area contributed by atoms with Crippen LogP contribution in [-0.4, -0.2) is 96.7 Å². The molecule has 0 aliphatic carbocycles. The number of carbonyl (C=O) groups excluding carboxylic acids is 4. The first kappa shape index (κ1) is 86.1. The molecule has 2 unspecified atom stereocenters. The Kier molecular flexibility index (Phi) is 59.9. The van der Waals surface area contributed by atoms with Crippen LogP contribution in [-0.2, 0) is 65.4 Å². The number of aliphatic hydroxyl groups excluding tert-OH is 1. The number of aliphatic hydroxyl groups is 1. The Morgan fingerprint density at radius 3 is 0.773 bits per heavy atom. The predicted octanol–water partition coefficient (Wildman–Crippen LogP) is 19.6. The Labute approximate surface area is 537 Å². The van der Waals surface area contributed by atoms with E-state index in [1.807, 2.05) is 0 Å². The van der Waals surface area contributed by atoms with E-state index in [0.717, 1.165) is 108 Å². The maximum absolute atomic E-state index is 13.0. The molecule has 522 valence electrons. The molecule has 0 rings (SSSR count). The van der Waals surface area contributed by atoms with E-state index in [-0.39, 0.29) is 25.7 Å². The molecule has 0 radical (unpaired) electrons. The topological polar surface area (TPSA) is 237 Å². The smallest absolute Gasteiger partial charge is 0.462 e. The van der Waals surface area contributed by atoms with E-state index in [0.29, 0.717) is 25.7 Å². The van der Waals surface area contributed by atoms with Gasteiger partial charge in [0.1, 0.15) is 19.3 Å². The monoisotopic (exact) mass is 1300 g/mol. The van der Waals surface area contributed by atoms with E-state index in [1.165, 1.54) is 161 Å². The molecule has 0 aromatic rings. The summed E-state index contributed by atoms with van der Waals surface area (Å²) in [6.45, 7) is 9.47. The summed E-state index contributed by atoms with van der Waals surface area (Å²) in [5.41, 5.74) is 0. The van der Waals surface area contributed by atoms with Gasteiger partial charge in [-0.1, -0.05) is 298 Å². The first-order valence-electron chi connectivity index (χ1n) is 36.0. The van der Waals surface area contributed by atoms with Crippen LogP contribution in [0.1, 0.15) is 350 Å². The number of ether oxygens (including phenoxy) is 4. The molecule has 19 heteroatoms. The molecule has 0 aliphatic heterocycles. The molecule has 88 heavy (non-hydrogen) atoms. The second-order valence-electron chi connectivity index (χ2n) is 25.9. The minimum Gasteiger partial charge on any atom is -0.462 e. The van der Waals surface area contributed by atoms with Gasteiger partial charge in [0.2, 0.25) is 0 Å². The van der Waals surface area contributed by atoms with Gasteiger partial charge in [0.05, 0.1) is 26.4 Å². The van der Waals surface area contributed by atoms with E-state index >= 15 is 0 Å². The van der Waals surface area contributed by atoms with Crippen molar-refractivity contribution < 1.29 is 80.2 Å². The highest BCUT2D eigenvalue weighted by Gasteiger charge is 2.30. The number of esters is 4. The number of carbonyl (C=O) groups is 4. The molecular weight excluding hydrogens is 1160 g/mol. The van der Waals surface area contributed by atoms with Crippen LogP contribution in [0.15, 0.2) is 0 Å². The van der Waals surface area contributed by atoms with Gasteiger partial charge in [-0.3, -0.25) is 37.3 Å². The van der Waals surface area contributed by atoms with E-state index in [4.69, 9.17) is 37.0 Å². The molecule has 0 aromatic carbocycles. The Hall–Kier alpha value is -1.94. The molecule has 5 atom stereocenters. The molecule has 0 aliphatic rings. The molecule has 0 heterocycles. The van der Waals surface area contributed by atoms with Crippen LogP contribution in [0.4, 0.5) is 0 Å². The van der Waals surface area contributed by atoms with Gasteiger partial charge in [-0.2, -0.15) is 0 Å². The van der Waals surface area contributed by atoms with Gasteiger partial charge in [0.25, 0.3) is 0 Å². The summed E-state index contributed by atoms with van der Waals surface area (Å²) in [4.78, 5) is 72.2. The lowest BCUT2D eigenvalue weighted by Crippen LogP contribution is -2.30. The molecule has 0 amide bonds. The number of hydrogen-bond acceptors (Lipinski definition) is 15. The fourth-order valence-corrected chi connectivity index (χ4v) is 12.0. The summed E-state index contributed by atoms with van der Waals surface area (Å²) in [7, 11) is -9.89. The van der Waals surface area contributed by atoms with Crippen LogP contribution < -0.4 is 0 Å². The number of hydrogen-bond donors (Lipinski definition) is 3. The second kappa shape index (κ2) is 61.3. The molecular formula is C69H134O17P2. The van der Waals surface area contributed by atoms with Gasteiger partial charge >= 0.3 is 39.5 Å². The summed E-state index contributed by atoms with van der Waals surface area (Å²) < 4.78 is 68.0. The van der Waals surface area contributed by atoms with Crippen LogP contribution in [0.3, 0.4) is 0 Å². The van der Waals surface area contributed by atoms with Crippen molar-refractivity contribution in [2.45, 2.75) is 368 Å². The van der Waals surface area contributed by atoms with Gasteiger partial charge < -0.3 is 33.8 Å². The Balaban J connectivity index is 5.16. The summed E-state index contributed by atoms with van der Waals surface area (Å²) in [6.07, 6.45) is 46.1. The van der Waals surface area contributed by atoms with Gasteiger partial charge in [-0.25, -0.2) is 9.13 Å². The molecule has 0 fully saturated rings. The maximum atomic E-state index is 13.0. The first-order chi connectivity index (χ1) is 42.4. The predicted molar refractivity (Wildman–Crippen MR) is 354 cm³/mol. The highest BCUT2D eigenvalue weighted by Crippen LogP contribution is 2.45. The van der Waals surface area contributed by atoms with Crippen molar-refractivity contribution in [1.82, 2.24) is 0 Å². The second-order valence-corrected chi connectivity index (χ2v) is 28.8. The van der Waals surface area contributed by atoms with Crippen molar-refractivity contribution in [3.63, 3.8) is 0 Å². The molecule has 0 saturated heterocycles. The third-order valence-corrected chi connectivity index (χ3v) is 17.9. The average Bonchev–Trinajstić information content (AvgIpc) is 3.58. The zero-order chi connectivity index (χ0) is 65.0. The van der Waals surface area contributed by atoms with Gasteiger partial charge in [0, 0.05) is 25.7 Å². The lowest BCUT2D eigenvalue weighted by atomic mass is 10.0. The average molecular weight is 1300 g/mol. The highest BCUT2D eigenvalue weighted by atomic mass is 31.2. The van der Waals surface area contributed by atoms with Crippen LogP contribution >= 0.6 is 15.6 Å². The third-order valence-electron chi connectivity index (χ3n) is 16.0. The highest BCUT2D eigenvalue weighted by molar-refractivity contribution is 7.47. The van der Waals surface area contributed by atoms with Crippen molar-refractivity contribution in [1.29, 1.82) is 0 Å². The quantitative estimate of drug-likeness (QED) is 0.0222. The number of rotatable bonds is 68. The van der Waals surface area contributed by atoms with Gasteiger partial charge in [-0.05, 0) is 37.5 Å². The van der Waals surface area contributed by atoms with Crippen LogP contribution in [0.25, 0.3) is 0 Å². The zero-order valence-electron chi connectivity index (χ0n) is 57.0. The molecule has 0 spiro atoms. The van der Waals surface area contributed by atoms with Crippen LogP contribution in [0.5, 0.6) is 0 Å². The largest absolute Gasteiger partial charge is 0.472 e. The van der Waals surface area contributed by atoms with Crippen molar-refractivity contribution >= 4 is 39.5 Å². The fraction of sp³-hybridized carbons (Fsp3) is 0.942. The Morgan fingerprint density at radius 2 is 0.523 bits per heavy atom. The summed E-state index contributed by atoms with van der Waals surface area (Å²) >= 11 is 0. The van der Waals surface area contributed by atoms with E-state index in [2.05, 4.69) is 41.5 Å². The summed E-state index contributed by atoms with van der Waals surface area (Å²) in [5.74, 6) is -0.582. The van der Waals surface area contributed by atoms with E-state index in [9.17, 15) is 43.2 Å². The normalized spacial score (nSPS) is 14.2. The molecule has 17 nitrogen and oxygen atoms in total. The minimum absolute atomic E-state index is 0.107. The first-order valence-corrected chi connectivity index (χ1v) is 39.0. The van der Waals surface area contributed by atoms with Crippen LogP contribution in [0.2, 0.25) is 0 Å². The summed E-state index contributed by atoms with van der Waals surface area (Å²) in [5, 5.41) is 10.6. The van der Waals surface area contributed by atoms with E-state index < -0.39 is 97.5 Å². The Bertz CT molecular complexity index is 1720.